The number of nitrogens with zero attached hydrogens (tertiary/aromatic N) is 3. The highest BCUT2D eigenvalue weighted by molar-refractivity contribution is 5.94. The molecule has 1 aromatic heterocycles. The number of halogens is 2. The van der Waals surface area contributed by atoms with Crippen molar-refractivity contribution >= 4 is 5.91 Å². The molecule has 4 rings (SSSR count). The Bertz CT molecular complexity index is 943. The molecule has 0 radical (unpaired) electrons. The van der Waals surface area contributed by atoms with E-state index in [2.05, 4.69) is 10.2 Å². The normalized spacial score (nSPS) is 16.8. The standard InChI is InChI=1S/C19H15F2N3O2/c20-14-9-8-13(11-15(14)21)19(25)24-10-4-7-16(24)18-23-22-17(26-18)12-5-2-1-3-6-12/h1-3,5-6,8-9,11,16H,4,7,10H2. The predicted molar refractivity (Wildman–Crippen MR) is 89.1 cm³/mol. The van der Waals surface area contributed by atoms with Gasteiger partial charge in [0.05, 0.1) is 0 Å². The second kappa shape index (κ2) is 6.67. The maximum absolute atomic E-state index is 13.5. The molecule has 0 saturated carbocycles. The van der Waals surface area contributed by atoms with E-state index in [9.17, 15) is 13.6 Å². The number of amides is 1. The fraction of sp³-hybridized carbons (Fsp3) is 0.211. The summed E-state index contributed by atoms with van der Waals surface area (Å²) in [6, 6.07) is 12.1. The molecular formula is C19H15F2N3O2. The summed E-state index contributed by atoms with van der Waals surface area (Å²) < 4.78 is 32.3. The predicted octanol–water partition coefficient (Wildman–Crippen LogP) is 3.99. The van der Waals surface area contributed by atoms with Crippen molar-refractivity contribution in [2.45, 2.75) is 18.9 Å². The van der Waals surface area contributed by atoms with Gasteiger partial charge in [-0.25, -0.2) is 8.78 Å². The third-order valence-corrected chi connectivity index (χ3v) is 4.43. The summed E-state index contributed by atoms with van der Waals surface area (Å²) in [7, 11) is 0. The molecule has 132 valence electrons. The number of hydrogen-bond acceptors (Lipinski definition) is 4. The van der Waals surface area contributed by atoms with E-state index in [1.807, 2.05) is 30.3 Å². The van der Waals surface area contributed by atoms with Crippen molar-refractivity contribution in [2.75, 3.05) is 6.54 Å². The first-order chi connectivity index (χ1) is 12.6. The lowest BCUT2D eigenvalue weighted by molar-refractivity contribution is 0.0715. The minimum Gasteiger partial charge on any atom is -0.418 e. The van der Waals surface area contributed by atoms with Crippen molar-refractivity contribution in [3.05, 3.63) is 71.6 Å². The molecule has 0 aliphatic carbocycles. The molecule has 1 unspecified atom stereocenters. The maximum atomic E-state index is 13.5. The Morgan fingerprint density at radius 2 is 1.88 bits per heavy atom. The largest absolute Gasteiger partial charge is 0.418 e. The zero-order chi connectivity index (χ0) is 18.1. The van der Waals surface area contributed by atoms with E-state index in [-0.39, 0.29) is 17.5 Å². The number of likely N-dealkylation sites (tertiary alicyclic amines) is 1. The highest BCUT2D eigenvalue weighted by Crippen LogP contribution is 2.33. The molecule has 1 fully saturated rings. The Kier molecular flexibility index (Phi) is 4.20. The molecule has 0 bridgehead atoms. The Balaban J connectivity index is 1.60. The Labute approximate surface area is 148 Å². The molecule has 3 aromatic rings. The van der Waals surface area contributed by atoms with Crippen LogP contribution in [-0.2, 0) is 0 Å². The van der Waals surface area contributed by atoms with Crippen LogP contribution in [0, 0.1) is 11.6 Å². The van der Waals surface area contributed by atoms with Crippen molar-refractivity contribution in [1.29, 1.82) is 0 Å². The molecule has 2 aromatic carbocycles. The summed E-state index contributed by atoms with van der Waals surface area (Å²) in [6.45, 7) is 0.492. The second-order valence-electron chi connectivity index (χ2n) is 6.10. The van der Waals surface area contributed by atoms with Crippen LogP contribution in [0.2, 0.25) is 0 Å². The van der Waals surface area contributed by atoms with Crippen LogP contribution >= 0.6 is 0 Å². The number of rotatable bonds is 3. The van der Waals surface area contributed by atoms with E-state index >= 15 is 0 Å². The maximum Gasteiger partial charge on any atom is 0.254 e. The average molecular weight is 355 g/mol. The summed E-state index contributed by atoms with van der Waals surface area (Å²) >= 11 is 0. The van der Waals surface area contributed by atoms with Crippen LogP contribution in [0.25, 0.3) is 11.5 Å². The Hall–Kier alpha value is -3.09. The van der Waals surface area contributed by atoms with E-state index in [0.29, 0.717) is 24.7 Å². The van der Waals surface area contributed by atoms with E-state index in [1.165, 1.54) is 6.07 Å². The summed E-state index contributed by atoms with van der Waals surface area (Å²) in [5.41, 5.74) is 0.890. The summed E-state index contributed by atoms with van der Waals surface area (Å²) in [5, 5.41) is 8.15. The first-order valence-electron chi connectivity index (χ1n) is 8.28. The van der Waals surface area contributed by atoms with Gasteiger partial charge >= 0.3 is 0 Å². The molecule has 26 heavy (non-hydrogen) atoms. The van der Waals surface area contributed by atoms with Gasteiger partial charge in [0.1, 0.15) is 6.04 Å². The number of carbonyl (C=O) groups is 1. The Morgan fingerprint density at radius 3 is 2.65 bits per heavy atom. The van der Waals surface area contributed by atoms with Gasteiger partial charge in [0.25, 0.3) is 5.91 Å². The third-order valence-electron chi connectivity index (χ3n) is 4.43. The van der Waals surface area contributed by atoms with Crippen LogP contribution in [0.4, 0.5) is 8.78 Å². The van der Waals surface area contributed by atoms with Gasteiger partial charge in [0, 0.05) is 17.7 Å². The van der Waals surface area contributed by atoms with Gasteiger partial charge in [-0.3, -0.25) is 4.79 Å². The lowest BCUT2D eigenvalue weighted by atomic mass is 10.1. The van der Waals surface area contributed by atoms with Crippen molar-refractivity contribution in [1.82, 2.24) is 15.1 Å². The van der Waals surface area contributed by atoms with Crippen molar-refractivity contribution in [3.8, 4) is 11.5 Å². The minimum atomic E-state index is -1.05. The van der Waals surface area contributed by atoms with E-state index in [4.69, 9.17) is 4.42 Å². The summed E-state index contributed by atoms with van der Waals surface area (Å²) in [4.78, 5) is 14.3. The van der Waals surface area contributed by atoms with Crippen LogP contribution in [0.5, 0.6) is 0 Å². The van der Waals surface area contributed by atoms with E-state index < -0.39 is 11.6 Å². The number of aromatic nitrogens is 2. The first-order valence-corrected chi connectivity index (χ1v) is 8.28. The topological polar surface area (TPSA) is 59.2 Å². The fourth-order valence-electron chi connectivity index (χ4n) is 3.13. The van der Waals surface area contributed by atoms with Crippen molar-refractivity contribution in [2.24, 2.45) is 0 Å². The molecule has 1 aliphatic rings. The lowest BCUT2D eigenvalue weighted by Crippen LogP contribution is -2.30. The minimum absolute atomic E-state index is 0.0959. The third kappa shape index (κ3) is 2.96. The molecule has 1 amide bonds. The highest BCUT2D eigenvalue weighted by Gasteiger charge is 2.34. The molecule has 7 heteroatoms. The molecule has 5 nitrogen and oxygen atoms in total. The smallest absolute Gasteiger partial charge is 0.254 e. The van der Waals surface area contributed by atoms with Gasteiger partial charge < -0.3 is 9.32 Å². The molecule has 1 saturated heterocycles. The highest BCUT2D eigenvalue weighted by atomic mass is 19.2. The zero-order valence-electron chi connectivity index (χ0n) is 13.7. The molecule has 1 atom stereocenters. The number of benzene rings is 2. The van der Waals surface area contributed by atoms with Crippen LogP contribution in [0.1, 0.15) is 35.1 Å². The van der Waals surface area contributed by atoms with Gasteiger partial charge in [-0.05, 0) is 43.2 Å². The number of hydrogen-bond donors (Lipinski definition) is 0. The molecule has 1 aliphatic heterocycles. The summed E-state index contributed by atoms with van der Waals surface area (Å²) in [5.74, 6) is -1.68. The van der Waals surface area contributed by atoms with Crippen LogP contribution in [0.3, 0.4) is 0 Å². The molecule has 0 N–H and O–H groups in total. The second-order valence-corrected chi connectivity index (χ2v) is 6.10. The molecule has 0 spiro atoms. The van der Waals surface area contributed by atoms with Crippen LogP contribution < -0.4 is 0 Å². The van der Waals surface area contributed by atoms with Gasteiger partial charge in [-0.2, -0.15) is 0 Å². The average Bonchev–Trinajstić information content (AvgIpc) is 3.33. The fourth-order valence-corrected chi connectivity index (χ4v) is 3.13. The lowest BCUT2D eigenvalue weighted by Gasteiger charge is -2.22. The van der Waals surface area contributed by atoms with E-state index in [0.717, 1.165) is 24.1 Å². The summed E-state index contributed by atoms with van der Waals surface area (Å²) in [6.07, 6.45) is 1.44. The SMILES string of the molecule is O=C(c1ccc(F)c(F)c1)N1CCCC1c1nnc(-c2ccccc2)o1. The molecular weight excluding hydrogens is 340 g/mol. The zero-order valence-corrected chi connectivity index (χ0v) is 13.7. The van der Waals surface area contributed by atoms with Crippen LogP contribution in [0.15, 0.2) is 52.9 Å². The monoisotopic (exact) mass is 355 g/mol. The van der Waals surface area contributed by atoms with Gasteiger partial charge in [0.15, 0.2) is 11.6 Å². The van der Waals surface area contributed by atoms with Crippen molar-refractivity contribution < 1.29 is 18.0 Å². The molecule has 2 heterocycles. The van der Waals surface area contributed by atoms with Crippen LogP contribution in [-0.4, -0.2) is 27.5 Å². The van der Waals surface area contributed by atoms with E-state index in [1.54, 1.807) is 4.90 Å². The van der Waals surface area contributed by atoms with Crippen molar-refractivity contribution in [3.63, 3.8) is 0 Å². The first kappa shape index (κ1) is 16.4. The van der Waals surface area contributed by atoms with Gasteiger partial charge in [0.2, 0.25) is 11.8 Å². The van der Waals surface area contributed by atoms with Gasteiger partial charge in [-0.15, -0.1) is 10.2 Å². The number of carbonyl (C=O) groups excluding carboxylic acids is 1. The van der Waals surface area contributed by atoms with Gasteiger partial charge in [-0.1, -0.05) is 18.2 Å². The quantitative estimate of drug-likeness (QED) is 0.713. The Morgan fingerprint density at radius 1 is 1.08 bits per heavy atom.